The summed E-state index contributed by atoms with van der Waals surface area (Å²) >= 11 is 0. The van der Waals surface area contributed by atoms with Gasteiger partial charge in [-0.05, 0) is 24.6 Å². The summed E-state index contributed by atoms with van der Waals surface area (Å²) in [6, 6.07) is 16.3. The zero-order chi connectivity index (χ0) is 16.9. The highest BCUT2D eigenvalue weighted by molar-refractivity contribution is 5.77. The standard InChI is InChI=1S/C18H18N4O2/c1-12(13-7-3-2-4-8-13)20-18(24)19-11-16-21-15-10-6-5-9-14(15)17(23)22-16/h2-10,12H,11H2,1H3,(H2,19,20,24)(H,21,22,23)/t12-/m0/s1. The maximum atomic E-state index is 12.0. The van der Waals surface area contributed by atoms with Crippen molar-refractivity contribution in [2.75, 3.05) is 0 Å². The van der Waals surface area contributed by atoms with E-state index in [-0.39, 0.29) is 24.2 Å². The smallest absolute Gasteiger partial charge is 0.315 e. The molecule has 1 heterocycles. The van der Waals surface area contributed by atoms with Gasteiger partial charge in [0, 0.05) is 0 Å². The molecule has 0 fully saturated rings. The van der Waals surface area contributed by atoms with Gasteiger partial charge in [-0.2, -0.15) is 0 Å². The molecule has 0 spiro atoms. The molecule has 122 valence electrons. The summed E-state index contributed by atoms with van der Waals surface area (Å²) in [7, 11) is 0. The molecule has 6 heteroatoms. The summed E-state index contributed by atoms with van der Waals surface area (Å²) < 4.78 is 0. The van der Waals surface area contributed by atoms with Crippen LogP contribution in [0.3, 0.4) is 0 Å². The molecule has 0 saturated carbocycles. The van der Waals surface area contributed by atoms with E-state index >= 15 is 0 Å². The largest absolute Gasteiger partial charge is 0.332 e. The van der Waals surface area contributed by atoms with Crippen molar-refractivity contribution >= 4 is 16.9 Å². The Balaban J connectivity index is 1.63. The number of carbonyl (C=O) groups is 1. The first kappa shape index (κ1) is 15.7. The van der Waals surface area contributed by atoms with Gasteiger partial charge in [0.2, 0.25) is 0 Å². The highest BCUT2D eigenvalue weighted by Gasteiger charge is 2.09. The Labute approximate surface area is 138 Å². The third kappa shape index (κ3) is 3.60. The van der Waals surface area contributed by atoms with Gasteiger partial charge >= 0.3 is 6.03 Å². The van der Waals surface area contributed by atoms with Crippen molar-refractivity contribution in [3.05, 3.63) is 76.3 Å². The van der Waals surface area contributed by atoms with Crippen LogP contribution in [0.2, 0.25) is 0 Å². The first-order valence-electron chi connectivity index (χ1n) is 7.71. The second-order valence-corrected chi connectivity index (χ2v) is 5.49. The summed E-state index contributed by atoms with van der Waals surface area (Å²) in [4.78, 5) is 31.0. The number of amides is 2. The molecule has 24 heavy (non-hydrogen) atoms. The molecule has 0 unspecified atom stereocenters. The van der Waals surface area contributed by atoms with Crippen LogP contribution in [0, 0.1) is 0 Å². The summed E-state index contributed by atoms with van der Waals surface area (Å²) in [5.74, 6) is 0.418. The number of urea groups is 1. The van der Waals surface area contributed by atoms with Gasteiger partial charge in [0.05, 0.1) is 23.5 Å². The van der Waals surface area contributed by atoms with Gasteiger partial charge in [-0.25, -0.2) is 9.78 Å². The van der Waals surface area contributed by atoms with E-state index in [2.05, 4.69) is 20.6 Å². The number of hydrogen-bond acceptors (Lipinski definition) is 3. The van der Waals surface area contributed by atoms with Gasteiger partial charge in [0.25, 0.3) is 5.56 Å². The fraction of sp³-hybridized carbons (Fsp3) is 0.167. The van der Waals surface area contributed by atoms with Crippen molar-refractivity contribution in [2.24, 2.45) is 0 Å². The average Bonchev–Trinajstić information content (AvgIpc) is 2.61. The zero-order valence-corrected chi connectivity index (χ0v) is 13.2. The van der Waals surface area contributed by atoms with Gasteiger partial charge in [-0.15, -0.1) is 0 Å². The molecule has 6 nitrogen and oxygen atoms in total. The number of H-pyrrole nitrogens is 1. The summed E-state index contributed by atoms with van der Waals surface area (Å²) in [6.07, 6.45) is 0. The van der Waals surface area contributed by atoms with E-state index in [1.807, 2.05) is 43.3 Å². The van der Waals surface area contributed by atoms with Gasteiger partial charge in [0.15, 0.2) is 0 Å². The van der Waals surface area contributed by atoms with E-state index in [9.17, 15) is 9.59 Å². The molecular weight excluding hydrogens is 304 g/mol. The minimum Gasteiger partial charge on any atom is -0.332 e. The van der Waals surface area contributed by atoms with Crippen LogP contribution in [0.4, 0.5) is 4.79 Å². The first-order chi connectivity index (χ1) is 11.6. The topological polar surface area (TPSA) is 86.9 Å². The van der Waals surface area contributed by atoms with Crippen LogP contribution in [0.5, 0.6) is 0 Å². The van der Waals surface area contributed by atoms with Gasteiger partial charge in [-0.3, -0.25) is 4.79 Å². The van der Waals surface area contributed by atoms with E-state index < -0.39 is 0 Å². The van der Waals surface area contributed by atoms with Crippen molar-refractivity contribution < 1.29 is 4.79 Å². The second kappa shape index (κ2) is 6.95. The zero-order valence-electron chi connectivity index (χ0n) is 13.2. The maximum absolute atomic E-state index is 12.0. The minimum atomic E-state index is -0.317. The molecule has 0 saturated heterocycles. The van der Waals surface area contributed by atoms with Gasteiger partial charge < -0.3 is 15.6 Å². The highest BCUT2D eigenvalue weighted by atomic mass is 16.2. The summed E-state index contributed by atoms with van der Waals surface area (Å²) in [5.41, 5.74) is 1.41. The Morgan fingerprint density at radius 2 is 1.83 bits per heavy atom. The monoisotopic (exact) mass is 322 g/mol. The lowest BCUT2D eigenvalue weighted by Gasteiger charge is -2.14. The number of aromatic amines is 1. The molecule has 0 bridgehead atoms. The lowest BCUT2D eigenvalue weighted by atomic mass is 10.1. The lowest BCUT2D eigenvalue weighted by Crippen LogP contribution is -2.37. The molecule has 3 aromatic rings. The maximum Gasteiger partial charge on any atom is 0.315 e. The molecule has 0 aliphatic carbocycles. The second-order valence-electron chi connectivity index (χ2n) is 5.49. The Bertz CT molecular complexity index is 906. The predicted octanol–water partition coefficient (Wildman–Crippen LogP) is 2.48. The Morgan fingerprint density at radius 1 is 1.12 bits per heavy atom. The fourth-order valence-electron chi connectivity index (χ4n) is 2.46. The Morgan fingerprint density at radius 3 is 2.62 bits per heavy atom. The molecule has 3 rings (SSSR count). The molecule has 0 radical (unpaired) electrons. The van der Waals surface area contributed by atoms with Gasteiger partial charge in [-0.1, -0.05) is 42.5 Å². The number of nitrogens with one attached hydrogen (secondary N) is 3. The van der Waals surface area contributed by atoms with E-state index in [0.717, 1.165) is 5.56 Å². The molecule has 1 atom stereocenters. The summed E-state index contributed by atoms with van der Waals surface area (Å²) in [6.45, 7) is 2.05. The van der Waals surface area contributed by atoms with Crippen LogP contribution in [-0.4, -0.2) is 16.0 Å². The average molecular weight is 322 g/mol. The minimum absolute atomic E-state index is 0.116. The van der Waals surface area contributed by atoms with Crippen LogP contribution in [0.1, 0.15) is 24.4 Å². The molecule has 2 aromatic carbocycles. The highest BCUT2D eigenvalue weighted by Crippen LogP contribution is 2.10. The van der Waals surface area contributed by atoms with Crippen LogP contribution >= 0.6 is 0 Å². The number of fused-ring (bicyclic) bond motifs is 1. The van der Waals surface area contributed by atoms with Crippen LogP contribution in [-0.2, 0) is 6.54 Å². The lowest BCUT2D eigenvalue weighted by molar-refractivity contribution is 0.237. The molecule has 3 N–H and O–H groups in total. The van der Waals surface area contributed by atoms with Crippen molar-refractivity contribution in [3.63, 3.8) is 0 Å². The number of aromatic nitrogens is 2. The quantitative estimate of drug-likeness (QED) is 0.689. The van der Waals surface area contributed by atoms with E-state index in [1.54, 1.807) is 18.2 Å². The molecule has 2 amide bonds. The van der Waals surface area contributed by atoms with Crippen LogP contribution in [0.15, 0.2) is 59.4 Å². The fourth-order valence-corrected chi connectivity index (χ4v) is 2.46. The van der Waals surface area contributed by atoms with E-state index in [1.165, 1.54) is 0 Å². The number of para-hydroxylation sites is 1. The number of nitrogens with zero attached hydrogens (tertiary/aromatic N) is 1. The third-order valence-electron chi connectivity index (χ3n) is 3.73. The summed E-state index contributed by atoms with van der Waals surface area (Å²) in [5, 5.41) is 6.09. The van der Waals surface area contributed by atoms with Crippen molar-refractivity contribution in [1.29, 1.82) is 0 Å². The van der Waals surface area contributed by atoms with E-state index in [0.29, 0.717) is 16.7 Å². The normalized spacial score (nSPS) is 11.9. The van der Waals surface area contributed by atoms with Crippen molar-refractivity contribution in [3.8, 4) is 0 Å². The molecule has 1 aromatic heterocycles. The van der Waals surface area contributed by atoms with Crippen molar-refractivity contribution in [2.45, 2.75) is 19.5 Å². The SMILES string of the molecule is C[C@H](NC(=O)NCc1nc2ccccc2c(=O)[nH]1)c1ccccc1. The molecule has 0 aliphatic rings. The van der Waals surface area contributed by atoms with Gasteiger partial charge in [0.1, 0.15) is 5.82 Å². The molecule has 0 aliphatic heterocycles. The number of hydrogen-bond donors (Lipinski definition) is 3. The Hall–Kier alpha value is -3.15. The molecular formula is C18H18N4O2. The number of rotatable bonds is 4. The first-order valence-corrected chi connectivity index (χ1v) is 7.71. The predicted molar refractivity (Wildman–Crippen MR) is 92.6 cm³/mol. The van der Waals surface area contributed by atoms with Crippen molar-refractivity contribution in [1.82, 2.24) is 20.6 Å². The van der Waals surface area contributed by atoms with E-state index in [4.69, 9.17) is 0 Å². The third-order valence-corrected chi connectivity index (χ3v) is 3.73. The number of benzene rings is 2. The van der Waals surface area contributed by atoms with Crippen LogP contribution in [0.25, 0.3) is 10.9 Å². The number of carbonyl (C=O) groups excluding carboxylic acids is 1. The Kier molecular flexibility index (Phi) is 4.56. The van der Waals surface area contributed by atoms with Crippen LogP contribution < -0.4 is 16.2 Å².